The maximum atomic E-state index is 14.6. The number of fused-ring (bicyclic) bond motifs is 11. The standard InChI is InChI=1S/C61H86O20/c1-26-13-32-7-9-36-27(2)14-34(66-36)11-12-58-25-61(65)57(81-58)56-55(80-61)54(79-58)53-37(71-56)10-8-33(68-53)15-48(64)74-52-31(6)51-44(70-43(52)16-38(67-32)30(26)5)19-42-46(73-51)22-60(75-42)23-47-50(78-60)29(4)21-59(77-47)20-28(3)49-45(76-59)18-40-41(72-49)17-39(69-40)35(63)24-62/h26,28-29,31-47,49-57,62-63,65H,2,5,7-25H2,1,3-4,6H3/t26-,28+,29+,31+,32+,33-,34+,35+,36+,37+,38-,39+,40-,41-,42-,43+,44+,45+,46-,47+,49+,50+,51+,52-,53+,54+,55+,56-,57?,58-,59-,60-,61?/m1/s1. The van der Waals surface area contributed by atoms with E-state index in [1.165, 1.54) is 0 Å². The topological polar surface area (TPSA) is 225 Å². The Morgan fingerprint density at radius 2 is 1.20 bits per heavy atom. The number of carbonyl (C=O) groups is 1. The molecule has 2 unspecified atom stereocenters. The SMILES string of the molecule is C=C1C[C@@H]2CC[C@@]34CC5(O)O[C@H]6[C@@H](O3)[C@H]3O[C@H](CC[C@@H]3O[C@H]6C5O4)CC(=O)O[C@@H]3[C@@H](C)[C@@H]4O[C@@H]5C[C@@]6(C[C@@H]7O[C@]8(C[C@H](C)[C@@H]9O[C@@H]%10C[C@@H]([C@@H](O)CO)O[C@@H]%10C[C@@H]9O8)C[C@H](C)[C@@H]7O6)O[C@@H]5C[C@@H]4O[C@H]3C[C@H]3O[C@@H](CC[C@@H]1O2)C[C@@H](C)C3=C. The van der Waals surface area contributed by atoms with Crippen LogP contribution in [0, 0.1) is 23.7 Å². The summed E-state index contributed by atoms with van der Waals surface area (Å²) in [7, 11) is 0. The van der Waals surface area contributed by atoms with Crippen molar-refractivity contribution in [3.8, 4) is 0 Å². The van der Waals surface area contributed by atoms with Gasteiger partial charge in [0.25, 0.3) is 0 Å². The molecule has 0 radical (unpaired) electrons. The van der Waals surface area contributed by atoms with Crippen LogP contribution in [0.1, 0.15) is 143 Å². The minimum atomic E-state index is -1.54. The molecule has 33 atom stereocenters. The number of esters is 1. The van der Waals surface area contributed by atoms with Crippen molar-refractivity contribution in [2.75, 3.05) is 6.61 Å². The van der Waals surface area contributed by atoms with Gasteiger partial charge in [-0.3, -0.25) is 4.79 Å². The van der Waals surface area contributed by atoms with Crippen LogP contribution in [0.2, 0.25) is 0 Å². The van der Waals surface area contributed by atoms with E-state index < -0.39 is 90.3 Å². The van der Waals surface area contributed by atoms with E-state index in [9.17, 15) is 20.1 Å². The van der Waals surface area contributed by atoms with Crippen LogP contribution in [-0.2, 0) is 80.6 Å². The van der Waals surface area contributed by atoms with Gasteiger partial charge in [-0.2, -0.15) is 0 Å². The fourth-order valence-corrected chi connectivity index (χ4v) is 18.9. The van der Waals surface area contributed by atoms with Crippen molar-refractivity contribution in [2.24, 2.45) is 23.7 Å². The van der Waals surface area contributed by atoms with Crippen molar-refractivity contribution >= 4 is 5.97 Å². The summed E-state index contributed by atoms with van der Waals surface area (Å²) >= 11 is 0. The zero-order valence-electron chi connectivity index (χ0n) is 47.4. The number of rotatable bonds is 2. The predicted molar refractivity (Wildman–Crippen MR) is 278 cm³/mol. The largest absolute Gasteiger partial charge is 0.459 e. The van der Waals surface area contributed by atoms with Gasteiger partial charge in [0.15, 0.2) is 17.4 Å². The van der Waals surface area contributed by atoms with Gasteiger partial charge in [0.05, 0.1) is 129 Å². The molecule has 0 amide bonds. The van der Waals surface area contributed by atoms with Crippen molar-refractivity contribution in [3.05, 3.63) is 24.3 Å². The summed E-state index contributed by atoms with van der Waals surface area (Å²) in [4.78, 5) is 14.6. The van der Waals surface area contributed by atoms with Crippen LogP contribution < -0.4 is 0 Å². The quantitative estimate of drug-likeness (QED) is 0.253. The van der Waals surface area contributed by atoms with Gasteiger partial charge in [-0.25, -0.2) is 0 Å². The Bertz CT molecular complexity index is 2470. The lowest BCUT2D eigenvalue weighted by molar-refractivity contribution is -0.369. The van der Waals surface area contributed by atoms with Crippen molar-refractivity contribution in [3.63, 3.8) is 0 Å². The molecule has 17 rings (SSSR count). The minimum Gasteiger partial charge on any atom is -0.459 e. The van der Waals surface area contributed by atoms with Crippen molar-refractivity contribution in [1.29, 1.82) is 0 Å². The summed E-state index contributed by atoms with van der Waals surface area (Å²) in [5.74, 6) is -4.57. The van der Waals surface area contributed by atoms with E-state index in [0.717, 1.165) is 36.8 Å². The highest BCUT2D eigenvalue weighted by Gasteiger charge is 2.75. The number of hydrogen-bond acceptors (Lipinski definition) is 20. The van der Waals surface area contributed by atoms with Crippen LogP contribution in [0.3, 0.4) is 0 Å². The molecule has 20 nitrogen and oxygen atoms in total. The second kappa shape index (κ2) is 19.9. The van der Waals surface area contributed by atoms with E-state index in [0.29, 0.717) is 77.0 Å². The van der Waals surface area contributed by atoms with Crippen LogP contribution in [0.5, 0.6) is 0 Å². The molecule has 17 aliphatic rings. The highest BCUT2D eigenvalue weighted by Crippen LogP contribution is 2.60. The van der Waals surface area contributed by atoms with E-state index in [1.807, 2.05) is 0 Å². The number of aliphatic hydroxyl groups excluding tert-OH is 2. The lowest BCUT2D eigenvalue weighted by atomic mass is 9.78. The first kappa shape index (κ1) is 54.6. The molecule has 3 N–H and O–H groups in total. The zero-order chi connectivity index (χ0) is 55.2. The summed E-state index contributed by atoms with van der Waals surface area (Å²) in [6.45, 7) is 17.5. The molecule has 17 aliphatic heterocycles. The fraction of sp³-hybridized carbons (Fsp3) is 0.918. The summed E-state index contributed by atoms with van der Waals surface area (Å²) in [6, 6.07) is 0. The molecule has 20 heteroatoms. The molecule has 3 spiro atoms. The highest BCUT2D eigenvalue weighted by atomic mass is 16.8. The molecular formula is C61H86O20. The number of hydrogen-bond donors (Lipinski definition) is 3. The lowest BCUT2D eigenvalue weighted by Gasteiger charge is -2.54. The normalized spacial score (nSPS) is 59.3. The Kier molecular flexibility index (Phi) is 13.4. The van der Waals surface area contributed by atoms with E-state index in [2.05, 4.69) is 40.9 Å². The molecule has 0 aromatic carbocycles. The molecule has 17 heterocycles. The molecule has 0 aromatic rings. The van der Waals surface area contributed by atoms with Gasteiger partial charge in [-0.15, -0.1) is 0 Å². The number of carbonyl (C=O) groups excluding carboxylic acids is 1. The number of aliphatic hydroxyl groups is 3. The van der Waals surface area contributed by atoms with Gasteiger partial charge in [-0.1, -0.05) is 40.9 Å². The highest BCUT2D eigenvalue weighted by molar-refractivity contribution is 5.70. The first-order valence-corrected chi connectivity index (χ1v) is 31.5. The second-order valence-electron chi connectivity index (χ2n) is 28.3. The lowest BCUT2D eigenvalue weighted by Crippen LogP contribution is -2.62. The van der Waals surface area contributed by atoms with Crippen molar-refractivity contribution in [1.82, 2.24) is 0 Å². The van der Waals surface area contributed by atoms with Gasteiger partial charge in [-0.05, 0) is 73.8 Å². The van der Waals surface area contributed by atoms with Gasteiger partial charge in [0.2, 0.25) is 5.79 Å². The summed E-state index contributed by atoms with van der Waals surface area (Å²) < 4.78 is 110. The van der Waals surface area contributed by atoms with Crippen LogP contribution in [0.4, 0.5) is 0 Å². The van der Waals surface area contributed by atoms with Crippen LogP contribution in [-0.4, -0.2) is 204 Å². The van der Waals surface area contributed by atoms with Crippen molar-refractivity contribution < 1.29 is 95.9 Å². The van der Waals surface area contributed by atoms with Gasteiger partial charge in [0.1, 0.15) is 42.7 Å². The van der Waals surface area contributed by atoms with E-state index >= 15 is 0 Å². The molecule has 12 bridgehead atoms. The first-order chi connectivity index (χ1) is 38.9. The molecule has 0 aliphatic carbocycles. The third-order valence-electron chi connectivity index (χ3n) is 22.7. The maximum absolute atomic E-state index is 14.6. The summed E-state index contributed by atoms with van der Waals surface area (Å²) in [6.07, 6.45) is 0.905. The van der Waals surface area contributed by atoms with Gasteiger partial charge < -0.3 is 91.1 Å². The molecule has 17 saturated heterocycles. The average molecular weight is 1140 g/mol. The van der Waals surface area contributed by atoms with Gasteiger partial charge >= 0.3 is 5.97 Å². The Morgan fingerprint density at radius 3 is 2.05 bits per heavy atom. The Hall–Kier alpha value is -1.77. The first-order valence-electron chi connectivity index (χ1n) is 31.5. The second-order valence-corrected chi connectivity index (χ2v) is 28.3. The monoisotopic (exact) mass is 1140 g/mol. The van der Waals surface area contributed by atoms with Crippen molar-refractivity contribution in [2.45, 2.75) is 319 Å². The molecule has 81 heavy (non-hydrogen) atoms. The molecule has 17 fully saturated rings. The van der Waals surface area contributed by atoms with Crippen LogP contribution in [0.15, 0.2) is 24.3 Å². The van der Waals surface area contributed by atoms with E-state index in [4.69, 9.17) is 75.8 Å². The minimum absolute atomic E-state index is 0.0214. The maximum Gasteiger partial charge on any atom is 0.308 e. The molecule has 450 valence electrons. The molecule has 0 aromatic heterocycles. The molecular weight excluding hydrogens is 1050 g/mol. The molecule has 0 saturated carbocycles. The average Bonchev–Trinajstić information content (AvgIpc) is 3.41. The third-order valence-corrected chi connectivity index (χ3v) is 22.7. The summed E-state index contributed by atoms with van der Waals surface area (Å²) in [5, 5.41) is 31.9. The van der Waals surface area contributed by atoms with Crippen LogP contribution in [0.25, 0.3) is 0 Å². The fourth-order valence-electron chi connectivity index (χ4n) is 18.9. The van der Waals surface area contributed by atoms with E-state index in [1.54, 1.807) is 0 Å². The smallest absolute Gasteiger partial charge is 0.308 e. The summed E-state index contributed by atoms with van der Waals surface area (Å²) in [5.41, 5.74) is 2.09. The Balaban J connectivity index is 0.630. The predicted octanol–water partition coefficient (Wildman–Crippen LogP) is 4.65. The number of ether oxygens (including phenoxy) is 16. The Morgan fingerprint density at radius 1 is 0.519 bits per heavy atom. The third kappa shape index (κ3) is 9.12. The zero-order valence-corrected chi connectivity index (χ0v) is 47.4. The Labute approximate surface area is 474 Å². The van der Waals surface area contributed by atoms with Crippen LogP contribution >= 0.6 is 0 Å². The van der Waals surface area contributed by atoms with Gasteiger partial charge in [0, 0.05) is 63.7 Å². The van der Waals surface area contributed by atoms with E-state index in [-0.39, 0.29) is 135 Å².